The number of hydrogen-bond acceptors (Lipinski definition) is 15. The van der Waals surface area contributed by atoms with Crippen LogP contribution in [-0.2, 0) is 65.4 Å². The summed E-state index contributed by atoms with van der Waals surface area (Å²) in [6.07, 6.45) is 62.7. The van der Waals surface area contributed by atoms with Gasteiger partial charge in [-0.2, -0.15) is 0 Å². The highest BCUT2D eigenvalue weighted by atomic mass is 31.2. The maximum atomic E-state index is 13.1. The quantitative estimate of drug-likeness (QED) is 0.0169. The first-order valence-corrected chi connectivity index (χ1v) is 41.2. The number of allylic oxidation sites excluding steroid dienone is 6. The Morgan fingerprint density at radius 1 is 0.287 bits per heavy atom. The molecule has 0 saturated carbocycles. The van der Waals surface area contributed by atoms with E-state index >= 15 is 0 Å². The molecule has 0 fully saturated rings. The van der Waals surface area contributed by atoms with Crippen LogP contribution in [-0.4, -0.2) is 96.7 Å². The zero-order valence-corrected chi connectivity index (χ0v) is 61.9. The van der Waals surface area contributed by atoms with Crippen molar-refractivity contribution in [1.82, 2.24) is 0 Å². The minimum Gasteiger partial charge on any atom is -0.462 e. The van der Waals surface area contributed by atoms with E-state index in [-0.39, 0.29) is 25.7 Å². The second kappa shape index (κ2) is 68.8. The molecule has 0 aromatic heterocycles. The predicted molar refractivity (Wildman–Crippen MR) is 381 cm³/mol. The van der Waals surface area contributed by atoms with Crippen LogP contribution in [0.3, 0.4) is 0 Å². The van der Waals surface area contributed by atoms with Gasteiger partial charge in [0.25, 0.3) is 0 Å². The number of phosphoric acid groups is 2. The van der Waals surface area contributed by atoms with Gasteiger partial charge in [-0.3, -0.25) is 37.3 Å². The van der Waals surface area contributed by atoms with Crippen molar-refractivity contribution in [2.45, 2.75) is 380 Å². The lowest BCUT2D eigenvalue weighted by Gasteiger charge is -2.21. The molecule has 0 amide bonds. The first-order valence-electron chi connectivity index (χ1n) is 38.2. The molecular weight excluding hydrogens is 1230 g/mol. The zero-order valence-electron chi connectivity index (χ0n) is 60.2. The summed E-state index contributed by atoms with van der Waals surface area (Å²) in [4.78, 5) is 72.7. The smallest absolute Gasteiger partial charge is 0.462 e. The summed E-state index contributed by atoms with van der Waals surface area (Å²) in [6.45, 7) is 4.88. The number of hydrogen-bond donors (Lipinski definition) is 3. The summed E-state index contributed by atoms with van der Waals surface area (Å²) in [5.41, 5.74) is 0. The molecule has 0 aliphatic heterocycles. The maximum Gasteiger partial charge on any atom is 0.472 e. The lowest BCUT2D eigenvalue weighted by molar-refractivity contribution is -0.161. The van der Waals surface area contributed by atoms with E-state index < -0.39 is 97.5 Å². The molecule has 5 atom stereocenters. The molecule has 0 aliphatic rings. The average Bonchev–Trinajstić information content (AvgIpc) is 1.83. The Morgan fingerprint density at radius 2 is 0.489 bits per heavy atom. The highest BCUT2D eigenvalue weighted by Gasteiger charge is 2.30. The van der Waals surface area contributed by atoms with Gasteiger partial charge in [-0.1, -0.05) is 270 Å². The molecule has 19 heteroatoms. The third-order valence-corrected chi connectivity index (χ3v) is 18.5. The van der Waals surface area contributed by atoms with Gasteiger partial charge in [-0.25, -0.2) is 9.13 Å². The summed E-state index contributed by atoms with van der Waals surface area (Å²) in [5.74, 6) is -2.16. The van der Waals surface area contributed by atoms with Crippen molar-refractivity contribution in [3.8, 4) is 0 Å². The number of rotatable bonds is 73. The van der Waals surface area contributed by atoms with Crippen LogP contribution in [0.15, 0.2) is 36.5 Å². The van der Waals surface area contributed by atoms with Crippen molar-refractivity contribution in [1.29, 1.82) is 0 Å². The summed E-state index contributed by atoms with van der Waals surface area (Å²) in [6, 6.07) is 0. The van der Waals surface area contributed by atoms with Crippen LogP contribution in [0, 0.1) is 0 Å². The van der Waals surface area contributed by atoms with Crippen molar-refractivity contribution in [3.63, 3.8) is 0 Å². The van der Waals surface area contributed by atoms with Crippen molar-refractivity contribution in [2.75, 3.05) is 39.6 Å². The van der Waals surface area contributed by atoms with Crippen molar-refractivity contribution >= 4 is 39.5 Å². The first-order chi connectivity index (χ1) is 45.7. The minimum absolute atomic E-state index is 0.0895. The van der Waals surface area contributed by atoms with E-state index in [4.69, 9.17) is 37.0 Å². The maximum absolute atomic E-state index is 13.1. The fraction of sp³-hybridized carbons (Fsp3) is 0.867. The number of esters is 4. The molecule has 0 aromatic carbocycles. The molecule has 0 bridgehead atoms. The summed E-state index contributed by atoms with van der Waals surface area (Å²) in [7, 11) is -9.93. The van der Waals surface area contributed by atoms with Gasteiger partial charge in [0.1, 0.15) is 19.3 Å². The Hall–Kier alpha value is -2.72. The normalized spacial score (nSPS) is 14.2. The van der Waals surface area contributed by atoms with Gasteiger partial charge in [0.2, 0.25) is 0 Å². The van der Waals surface area contributed by atoms with Gasteiger partial charge < -0.3 is 33.8 Å². The van der Waals surface area contributed by atoms with Crippen LogP contribution in [0.4, 0.5) is 0 Å². The Morgan fingerprint density at radius 3 is 0.745 bits per heavy atom. The third kappa shape index (κ3) is 67.8. The summed E-state index contributed by atoms with van der Waals surface area (Å²) < 4.78 is 68.4. The highest BCUT2D eigenvalue weighted by Crippen LogP contribution is 2.45. The van der Waals surface area contributed by atoms with Crippen LogP contribution >= 0.6 is 15.6 Å². The fourth-order valence-electron chi connectivity index (χ4n) is 10.7. The van der Waals surface area contributed by atoms with Crippen molar-refractivity contribution < 1.29 is 80.2 Å². The number of carbonyl (C=O) groups excluding carboxylic acids is 4. The Balaban J connectivity index is 5.31. The number of unbranched alkanes of at least 4 members (excludes halogenated alkanes) is 41. The molecule has 0 radical (unpaired) electrons. The molecule has 0 saturated heterocycles. The molecule has 2 unspecified atom stereocenters. The predicted octanol–water partition coefficient (Wildman–Crippen LogP) is 21.6. The van der Waals surface area contributed by atoms with Crippen LogP contribution in [0.1, 0.15) is 362 Å². The van der Waals surface area contributed by atoms with Gasteiger partial charge in [-0.15, -0.1) is 0 Å². The van der Waals surface area contributed by atoms with E-state index in [0.29, 0.717) is 25.7 Å². The number of ether oxygens (including phenoxy) is 4. The van der Waals surface area contributed by atoms with Crippen molar-refractivity contribution in [3.05, 3.63) is 36.5 Å². The summed E-state index contributed by atoms with van der Waals surface area (Å²) in [5, 5.41) is 10.6. The number of aliphatic hydroxyl groups excluding tert-OH is 1. The molecule has 0 spiro atoms. The molecule has 0 aliphatic carbocycles. The van der Waals surface area contributed by atoms with Crippen LogP contribution in [0.25, 0.3) is 0 Å². The average molecular weight is 1380 g/mol. The molecule has 94 heavy (non-hydrogen) atoms. The lowest BCUT2D eigenvalue weighted by Crippen LogP contribution is -2.30. The number of phosphoric ester groups is 2. The van der Waals surface area contributed by atoms with E-state index in [2.05, 4.69) is 64.2 Å². The Labute approximate surface area is 573 Å². The largest absolute Gasteiger partial charge is 0.472 e. The van der Waals surface area contributed by atoms with E-state index in [1.807, 2.05) is 0 Å². The second-order valence-electron chi connectivity index (χ2n) is 25.9. The van der Waals surface area contributed by atoms with E-state index in [9.17, 15) is 43.2 Å². The topological polar surface area (TPSA) is 237 Å². The Kier molecular flexibility index (Phi) is 66.8. The minimum atomic E-state index is -4.97. The molecule has 0 aromatic rings. The molecule has 0 rings (SSSR count). The van der Waals surface area contributed by atoms with Gasteiger partial charge in [0.15, 0.2) is 12.2 Å². The number of aliphatic hydroxyl groups is 1. The van der Waals surface area contributed by atoms with E-state index in [1.165, 1.54) is 148 Å². The molecule has 3 N–H and O–H groups in total. The first kappa shape index (κ1) is 91.3. The summed E-state index contributed by atoms with van der Waals surface area (Å²) >= 11 is 0. The fourth-order valence-corrected chi connectivity index (χ4v) is 12.3. The van der Waals surface area contributed by atoms with Gasteiger partial charge in [-0.05, 0) is 103 Å². The second-order valence-corrected chi connectivity index (χ2v) is 28.9. The molecule has 17 nitrogen and oxygen atoms in total. The SMILES string of the molecule is CCCCCC/C=C\CCCCCCCC(=O)OC[C@H](COP(=O)(O)OC[C@H](O)COP(=O)(O)OC[C@@H](COC(=O)CCCCCCCCCCCCCCC)OC(=O)CCCCCCC/C=C\CCCCCC)OC(=O)CCCCCCC/C=C\CCCCCCCC. The highest BCUT2D eigenvalue weighted by molar-refractivity contribution is 7.47. The molecule has 552 valence electrons. The monoisotopic (exact) mass is 1370 g/mol. The van der Waals surface area contributed by atoms with Crippen LogP contribution < -0.4 is 0 Å². The van der Waals surface area contributed by atoms with Crippen molar-refractivity contribution in [2.24, 2.45) is 0 Å². The van der Waals surface area contributed by atoms with Crippen LogP contribution in [0.2, 0.25) is 0 Å². The van der Waals surface area contributed by atoms with Gasteiger partial charge in [0.05, 0.1) is 26.4 Å². The zero-order chi connectivity index (χ0) is 69.0. The third-order valence-electron chi connectivity index (χ3n) is 16.6. The van der Waals surface area contributed by atoms with Gasteiger partial charge in [0, 0.05) is 25.7 Å². The standard InChI is InChI=1S/C75H140O17P2/c1-5-9-13-17-21-25-29-33-34-38-42-46-50-54-58-62-75(80)92-71(66-86-73(78)60-56-52-48-44-40-36-31-27-23-19-15-11-7-3)68-90-94(83,84)88-64-69(76)63-87-93(81,82)89-67-70(91-74(79)61-57-53-49-45-41-37-32-28-24-20-16-12-8-4)65-85-72(77)59-55-51-47-43-39-35-30-26-22-18-14-10-6-2/h27-28,31-34,69-71,76H,5-26,29-30,35-68H2,1-4H3,(H,81,82)(H,83,84)/b31-27-,32-28-,34-33-/t69-,70-,71-/m1/s1. The van der Waals surface area contributed by atoms with Gasteiger partial charge >= 0.3 is 39.5 Å². The van der Waals surface area contributed by atoms with E-state index in [0.717, 1.165) is 135 Å². The van der Waals surface area contributed by atoms with E-state index in [1.54, 1.807) is 0 Å². The number of carbonyl (C=O) groups is 4. The Bertz CT molecular complexity index is 1930. The van der Waals surface area contributed by atoms with Crippen LogP contribution in [0.5, 0.6) is 0 Å². The lowest BCUT2D eigenvalue weighted by atomic mass is 10.0. The molecule has 0 heterocycles. The molecular formula is C75H140O17P2.